The van der Waals surface area contributed by atoms with Crippen molar-refractivity contribution >= 4 is 0 Å². The van der Waals surface area contributed by atoms with Gasteiger partial charge in [0.15, 0.2) is 0 Å². The molecule has 0 bridgehead atoms. The summed E-state index contributed by atoms with van der Waals surface area (Å²) in [6, 6.07) is 1.33. The molecule has 0 aromatic rings. The van der Waals surface area contributed by atoms with Crippen LogP contribution >= 0.6 is 0 Å². The van der Waals surface area contributed by atoms with Crippen LogP contribution in [0.5, 0.6) is 0 Å². The summed E-state index contributed by atoms with van der Waals surface area (Å²) < 4.78 is 0. The molecule has 1 aliphatic carbocycles. The van der Waals surface area contributed by atoms with Crippen molar-refractivity contribution in [1.82, 2.24) is 15.1 Å². The predicted molar refractivity (Wildman–Crippen MR) is 84.0 cm³/mol. The highest BCUT2D eigenvalue weighted by Gasteiger charge is 2.34. The molecular weight excluding hydrogens is 250 g/mol. The standard InChI is InChI=1S/C16H33N3O/c1-4-16(13-20,17-15-6-7-15)8-5-9-19-11-10-18(3)12-14(19)2/h14-15,17,20H,4-13H2,1-3H3. The van der Waals surface area contributed by atoms with E-state index in [0.717, 1.165) is 12.8 Å². The minimum Gasteiger partial charge on any atom is -0.394 e. The SMILES string of the molecule is CCC(CO)(CCCN1CCN(C)CC1C)NC1CC1. The van der Waals surface area contributed by atoms with Gasteiger partial charge in [-0.15, -0.1) is 0 Å². The van der Waals surface area contributed by atoms with Gasteiger partial charge in [-0.2, -0.15) is 0 Å². The van der Waals surface area contributed by atoms with E-state index in [9.17, 15) is 5.11 Å². The largest absolute Gasteiger partial charge is 0.394 e. The van der Waals surface area contributed by atoms with Gasteiger partial charge in [0.25, 0.3) is 0 Å². The zero-order valence-electron chi connectivity index (χ0n) is 13.6. The van der Waals surface area contributed by atoms with Gasteiger partial charge < -0.3 is 15.3 Å². The Hall–Kier alpha value is -0.160. The van der Waals surface area contributed by atoms with Crippen LogP contribution in [0.25, 0.3) is 0 Å². The fourth-order valence-corrected chi connectivity index (χ4v) is 3.38. The number of nitrogens with zero attached hydrogens (tertiary/aromatic N) is 2. The molecule has 118 valence electrons. The lowest BCUT2D eigenvalue weighted by molar-refractivity contribution is 0.0889. The lowest BCUT2D eigenvalue weighted by Gasteiger charge is -2.39. The van der Waals surface area contributed by atoms with E-state index in [2.05, 4.69) is 36.0 Å². The Labute approximate surface area is 124 Å². The maximum Gasteiger partial charge on any atom is 0.0613 e. The third kappa shape index (κ3) is 4.42. The summed E-state index contributed by atoms with van der Waals surface area (Å²) in [4.78, 5) is 5.02. The van der Waals surface area contributed by atoms with Gasteiger partial charge in [-0.3, -0.25) is 4.90 Å². The van der Waals surface area contributed by atoms with Crippen LogP contribution < -0.4 is 5.32 Å². The number of likely N-dealkylation sites (N-methyl/N-ethyl adjacent to an activating group) is 1. The molecule has 1 heterocycles. The third-order valence-corrected chi connectivity index (χ3v) is 5.14. The third-order valence-electron chi connectivity index (χ3n) is 5.14. The summed E-state index contributed by atoms with van der Waals surface area (Å²) in [5.41, 5.74) is -0.0308. The molecule has 2 unspecified atom stereocenters. The molecular formula is C16H33N3O. The Kier molecular flexibility index (Phi) is 5.84. The van der Waals surface area contributed by atoms with E-state index in [1.165, 1.54) is 45.4 Å². The second kappa shape index (κ2) is 7.21. The fraction of sp³-hybridized carbons (Fsp3) is 1.00. The molecule has 1 saturated carbocycles. The molecule has 4 nitrogen and oxygen atoms in total. The van der Waals surface area contributed by atoms with Gasteiger partial charge in [-0.25, -0.2) is 0 Å². The van der Waals surface area contributed by atoms with Gasteiger partial charge >= 0.3 is 0 Å². The van der Waals surface area contributed by atoms with Crippen molar-refractivity contribution in [2.24, 2.45) is 0 Å². The van der Waals surface area contributed by atoms with Gasteiger partial charge in [0.1, 0.15) is 0 Å². The number of aliphatic hydroxyl groups excluding tert-OH is 1. The number of aliphatic hydroxyl groups is 1. The summed E-state index contributed by atoms with van der Waals surface area (Å²) in [6.07, 6.45) is 5.88. The van der Waals surface area contributed by atoms with Crippen LogP contribution in [0.1, 0.15) is 46.0 Å². The lowest BCUT2D eigenvalue weighted by Crippen LogP contribution is -2.52. The molecule has 0 amide bonds. The summed E-state index contributed by atoms with van der Waals surface area (Å²) in [5.74, 6) is 0. The first-order valence-electron chi connectivity index (χ1n) is 8.40. The van der Waals surface area contributed by atoms with Crippen LogP contribution in [0.2, 0.25) is 0 Å². The number of rotatable bonds is 8. The minimum absolute atomic E-state index is 0.0308. The van der Waals surface area contributed by atoms with Crippen LogP contribution in [0.4, 0.5) is 0 Å². The van der Waals surface area contributed by atoms with Crippen LogP contribution in [0.3, 0.4) is 0 Å². The van der Waals surface area contributed by atoms with Crippen LogP contribution in [0.15, 0.2) is 0 Å². The monoisotopic (exact) mass is 283 g/mol. The molecule has 1 aliphatic heterocycles. The van der Waals surface area contributed by atoms with Crippen LogP contribution in [0, 0.1) is 0 Å². The van der Waals surface area contributed by atoms with Gasteiger partial charge in [-0.1, -0.05) is 6.92 Å². The summed E-state index contributed by atoms with van der Waals surface area (Å²) in [5, 5.41) is 13.5. The Balaban J connectivity index is 1.74. The zero-order chi connectivity index (χ0) is 14.6. The minimum atomic E-state index is -0.0308. The molecule has 2 rings (SSSR count). The molecule has 2 fully saturated rings. The smallest absolute Gasteiger partial charge is 0.0613 e. The fourth-order valence-electron chi connectivity index (χ4n) is 3.38. The van der Waals surface area contributed by atoms with Crippen molar-refractivity contribution in [3.8, 4) is 0 Å². The van der Waals surface area contributed by atoms with E-state index < -0.39 is 0 Å². The number of hydrogen-bond donors (Lipinski definition) is 2. The van der Waals surface area contributed by atoms with Crippen molar-refractivity contribution in [2.45, 2.75) is 63.6 Å². The van der Waals surface area contributed by atoms with Gasteiger partial charge in [0.05, 0.1) is 6.61 Å². The van der Waals surface area contributed by atoms with Crippen molar-refractivity contribution in [3.05, 3.63) is 0 Å². The number of nitrogens with one attached hydrogen (secondary N) is 1. The first-order valence-corrected chi connectivity index (χ1v) is 8.40. The maximum absolute atomic E-state index is 9.79. The van der Waals surface area contributed by atoms with E-state index in [-0.39, 0.29) is 12.1 Å². The quantitative estimate of drug-likeness (QED) is 0.704. The predicted octanol–water partition coefficient (Wildman–Crippen LogP) is 1.30. The molecule has 0 radical (unpaired) electrons. The Morgan fingerprint density at radius 2 is 2.05 bits per heavy atom. The molecule has 4 heteroatoms. The average Bonchev–Trinajstić information content (AvgIpc) is 3.24. The van der Waals surface area contributed by atoms with E-state index in [4.69, 9.17) is 0 Å². The highest BCUT2D eigenvalue weighted by Crippen LogP contribution is 2.27. The van der Waals surface area contributed by atoms with E-state index >= 15 is 0 Å². The van der Waals surface area contributed by atoms with Crippen LogP contribution in [-0.2, 0) is 0 Å². The van der Waals surface area contributed by atoms with Crippen molar-refractivity contribution in [2.75, 3.05) is 39.8 Å². The van der Waals surface area contributed by atoms with E-state index in [0.29, 0.717) is 12.1 Å². The molecule has 0 aromatic carbocycles. The number of piperazine rings is 1. The van der Waals surface area contributed by atoms with E-state index in [1.54, 1.807) is 0 Å². The molecule has 0 spiro atoms. The second-order valence-electron chi connectivity index (χ2n) is 6.96. The van der Waals surface area contributed by atoms with Crippen molar-refractivity contribution < 1.29 is 5.11 Å². The summed E-state index contributed by atoms with van der Waals surface area (Å²) in [6.45, 7) is 9.53. The Bertz CT molecular complexity index is 289. The molecule has 0 aromatic heterocycles. The average molecular weight is 283 g/mol. The second-order valence-corrected chi connectivity index (χ2v) is 6.96. The van der Waals surface area contributed by atoms with E-state index in [1.807, 2.05) is 0 Å². The molecule has 1 saturated heterocycles. The Morgan fingerprint density at radius 1 is 1.30 bits per heavy atom. The van der Waals surface area contributed by atoms with Crippen LogP contribution in [-0.4, -0.2) is 72.4 Å². The Morgan fingerprint density at radius 3 is 2.60 bits per heavy atom. The normalized spacial score (nSPS) is 28.5. The first-order chi connectivity index (χ1) is 9.58. The molecule has 2 aliphatic rings. The first kappa shape index (κ1) is 16.2. The molecule has 2 N–H and O–H groups in total. The lowest BCUT2D eigenvalue weighted by atomic mass is 9.90. The van der Waals surface area contributed by atoms with Crippen molar-refractivity contribution in [1.29, 1.82) is 0 Å². The molecule has 20 heavy (non-hydrogen) atoms. The van der Waals surface area contributed by atoms with Crippen molar-refractivity contribution in [3.63, 3.8) is 0 Å². The summed E-state index contributed by atoms with van der Waals surface area (Å²) in [7, 11) is 2.21. The molecule has 2 atom stereocenters. The zero-order valence-corrected chi connectivity index (χ0v) is 13.6. The van der Waals surface area contributed by atoms with Gasteiger partial charge in [0, 0.05) is 37.3 Å². The highest BCUT2D eigenvalue weighted by atomic mass is 16.3. The number of hydrogen-bond acceptors (Lipinski definition) is 4. The maximum atomic E-state index is 9.79. The highest BCUT2D eigenvalue weighted by molar-refractivity contribution is 4.94. The topological polar surface area (TPSA) is 38.7 Å². The van der Waals surface area contributed by atoms with Gasteiger partial charge in [-0.05, 0) is 52.6 Å². The van der Waals surface area contributed by atoms with Gasteiger partial charge in [0.2, 0.25) is 0 Å². The summed E-state index contributed by atoms with van der Waals surface area (Å²) >= 11 is 0.